The summed E-state index contributed by atoms with van der Waals surface area (Å²) in [6.07, 6.45) is 3.50. The fourth-order valence-electron chi connectivity index (χ4n) is 2.51. The first-order valence-electron chi connectivity index (χ1n) is 6.74. The van der Waals surface area contributed by atoms with Gasteiger partial charge in [0.2, 0.25) is 5.91 Å². The minimum atomic E-state index is 0.168. The maximum absolute atomic E-state index is 12.1. The van der Waals surface area contributed by atoms with E-state index in [0.29, 0.717) is 6.42 Å². The van der Waals surface area contributed by atoms with E-state index in [4.69, 9.17) is 5.73 Å². The molecule has 0 aromatic heterocycles. The van der Waals surface area contributed by atoms with Crippen molar-refractivity contribution >= 4 is 5.91 Å². The normalized spacial score (nSPS) is 19.9. The molecule has 18 heavy (non-hydrogen) atoms. The topological polar surface area (TPSA) is 46.3 Å². The number of hydrogen-bond acceptors (Lipinski definition) is 2. The molecule has 1 unspecified atom stereocenters. The van der Waals surface area contributed by atoms with Crippen molar-refractivity contribution in [1.82, 2.24) is 4.90 Å². The molecule has 2 N–H and O–H groups in total. The van der Waals surface area contributed by atoms with Gasteiger partial charge in [-0.15, -0.1) is 0 Å². The maximum Gasteiger partial charge on any atom is 0.222 e. The van der Waals surface area contributed by atoms with Crippen LogP contribution < -0.4 is 5.73 Å². The van der Waals surface area contributed by atoms with Crippen LogP contribution in [-0.2, 0) is 11.2 Å². The first kappa shape index (κ1) is 13.1. The number of benzene rings is 1. The van der Waals surface area contributed by atoms with Crippen molar-refractivity contribution in [3.8, 4) is 0 Å². The number of amides is 1. The van der Waals surface area contributed by atoms with Crippen LogP contribution in [0.5, 0.6) is 0 Å². The van der Waals surface area contributed by atoms with Gasteiger partial charge in [0.25, 0.3) is 0 Å². The summed E-state index contributed by atoms with van der Waals surface area (Å²) in [5.41, 5.74) is 8.39. The van der Waals surface area contributed by atoms with Crippen molar-refractivity contribution in [3.05, 3.63) is 35.4 Å². The highest BCUT2D eigenvalue weighted by Gasteiger charge is 2.20. The molecular weight excluding hydrogens is 224 g/mol. The van der Waals surface area contributed by atoms with Crippen molar-refractivity contribution in [1.29, 1.82) is 0 Å². The van der Waals surface area contributed by atoms with E-state index in [2.05, 4.69) is 25.1 Å². The molecule has 2 rings (SSSR count). The van der Waals surface area contributed by atoms with Gasteiger partial charge < -0.3 is 10.6 Å². The lowest BCUT2D eigenvalue weighted by molar-refractivity contribution is -0.132. The average Bonchev–Trinajstić information content (AvgIpc) is 2.36. The van der Waals surface area contributed by atoms with Crippen LogP contribution in [0.2, 0.25) is 0 Å². The lowest BCUT2D eigenvalue weighted by Gasteiger charge is -2.30. The second-order valence-electron chi connectivity index (χ2n) is 5.23. The number of aryl methyl sites for hydroxylation is 2. The Morgan fingerprint density at radius 3 is 3.06 bits per heavy atom. The number of carbonyl (C=O) groups is 1. The molecular formula is C15H22N2O. The summed E-state index contributed by atoms with van der Waals surface area (Å²) in [5, 5.41) is 0. The largest absolute Gasteiger partial charge is 0.341 e. The Labute approximate surface area is 109 Å². The molecule has 0 spiro atoms. The molecule has 1 aromatic rings. The number of likely N-dealkylation sites (tertiary alicyclic amines) is 1. The number of piperidine rings is 1. The predicted molar refractivity (Wildman–Crippen MR) is 73.3 cm³/mol. The summed E-state index contributed by atoms with van der Waals surface area (Å²) in [7, 11) is 0. The number of hydrogen-bond donors (Lipinski definition) is 1. The highest BCUT2D eigenvalue weighted by Crippen LogP contribution is 2.12. The molecule has 0 radical (unpaired) electrons. The van der Waals surface area contributed by atoms with Crippen LogP contribution in [0.15, 0.2) is 24.3 Å². The van der Waals surface area contributed by atoms with E-state index in [1.54, 1.807) is 0 Å². The van der Waals surface area contributed by atoms with Crippen molar-refractivity contribution in [2.75, 3.05) is 13.1 Å². The van der Waals surface area contributed by atoms with E-state index < -0.39 is 0 Å². The van der Waals surface area contributed by atoms with E-state index in [1.807, 2.05) is 11.0 Å². The molecule has 1 heterocycles. The molecule has 1 saturated heterocycles. The van der Waals surface area contributed by atoms with E-state index >= 15 is 0 Å². The van der Waals surface area contributed by atoms with Gasteiger partial charge in [-0.1, -0.05) is 29.8 Å². The fourth-order valence-corrected chi connectivity index (χ4v) is 2.51. The van der Waals surface area contributed by atoms with Gasteiger partial charge >= 0.3 is 0 Å². The molecule has 1 aliphatic rings. The van der Waals surface area contributed by atoms with E-state index in [9.17, 15) is 4.79 Å². The summed E-state index contributed by atoms with van der Waals surface area (Å²) in [6.45, 7) is 3.68. The molecule has 1 amide bonds. The van der Waals surface area contributed by atoms with Crippen molar-refractivity contribution in [3.63, 3.8) is 0 Å². The molecule has 98 valence electrons. The van der Waals surface area contributed by atoms with Gasteiger partial charge in [0, 0.05) is 25.6 Å². The van der Waals surface area contributed by atoms with Gasteiger partial charge in [0.1, 0.15) is 0 Å². The van der Waals surface area contributed by atoms with Gasteiger partial charge in [-0.05, 0) is 31.7 Å². The Morgan fingerprint density at radius 1 is 1.50 bits per heavy atom. The van der Waals surface area contributed by atoms with Gasteiger partial charge in [-0.25, -0.2) is 0 Å². The summed E-state index contributed by atoms with van der Waals surface area (Å²) in [5.74, 6) is 0.242. The molecule has 3 nitrogen and oxygen atoms in total. The Bertz CT molecular complexity index is 417. The zero-order valence-electron chi connectivity index (χ0n) is 11.1. The molecule has 1 atom stereocenters. The van der Waals surface area contributed by atoms with Gasteiger partial charge in [-0.2, -0.15) is 0 Å². The highest BCUT2D eigenvalue weighted by atomic mass is 16.2. The van der Waals surface area contributed by atoms with Crippen molar-refractivity contribution < 1.29 is 4.79 Å². The van der Waals surface area contributed by atoms with Crippen LogP contribution in [-0.4, -0.2) is 29.9 Å². The number of nitrogens with zero attached hydrogens (tertiary/aromatic N) is 1. The number of nitrogens with two attached hydrogens (primary N) is 1. The summed E-state index contributed by atoms with van der Waals surface area (Å²) in [4.78, 5) is 14.0. The zero-order valence-corrected chi connectivity index (χ0v) is 11.1. The second-order valence-corrected chi connectivity index (χ2v) is 5.23. The standard InChI is InChI=1S/C15H22N2O/c1-12-4-2-5-13(10-12)7-8-15(18)17-9-3-6-14(16)11-17/h2,4-5,10,14H,3,6-9,11,16H2,1H3. The second kappa shape index (κ2) is 6.01. The highest BCUT2D eigenvalue weighted by molar-refractivity contribution is 5.76. The van der Waals surface area contributed by atoms with Gasteiger partial charge in [0.05, 0.1) is 0 Å². The third-order valence-corrected chi connectivity index (χ3v) is 3.52. The molecule has 0 saturated carbocycles. The summed E-state index contributed by atoms with van der Waals surface area (Å²) < 4.78 is 0. The number of carbonyl (C=O) groups excluding carboxylic acids is 1. The molecule has 1 aliphatic heterocycles. The Kier molecular flexibility index (Phi) is 4.37. The summed E-state index contributed by atoms with van der Waals surface area (Å²) in [6, 6.07) is 8.53. The third-order valence-electron chi connectivity index (χ3n) is 3.52. The summed E-state index contributed by atoms with van der Waals surface area (Å²) >= 11 is 0. The minimum absolute atomic E-state index is 0.168. The SMILES string of the molecule is Cc1cccc(CCC(=O)N2CCCC(N)C2)c1. The number of rotatable bonds is 3. The maximum atomic E-state index is 12.1. The average molecular weight is 246 g/mol. The van der Waals surface area contributed by atoms with Crippen LogP contribution in [0.25, 0.3) is 0 Å². The van der Waals surface area contributed by atoms with Crippen molar-refractivity contribution in [2.45, 2.75) is 38.6 Å². The first-order chi connectivity index (χ1) is 8.65. The monoisotopic (exact) mass is 246 g/mol. The van der Waals surface area contributed by atoms with E-state index in [-0.39, 0.29) is 11.9 Å². The molecule has 3 heteroatoms. The predicted octanol–water partition coefficient (Wildman–Crippen LogP) is 1.88. The van der Waals surface area contributed by atoms with Gasteiger partial charge in [-0.3, -0.25) is 4.79 Å². The Morgan fingerprint density at radius 2 is 2.33 bits per heavy atom. The van der Waals surface area contributed by atoms with E-state index in [0.717, 1.165) is 32.4 Å². The Hall–Kier alpha value is -1.35. The third kappa shape index (κ3) is 3.57. The van der Waals surface area contributed by atoms with Crippen LogP contribution in [0, 0.1) is 6.92 Å². The fraction of sp³-hybridized carbons (Fsp3) is 0.533. The molecule has 0 bridgehead atoms. The van der Waals surface area contributed by atoms with Crippen LogP contribution in [0.1, 0.15) is 30.4 Å². The smallest absolute Gasteiger partial charge is 0.222 e. The van der Waals surface area contributed by atoms with E-state index in [1.165, 1.54) is 11.1 Å². The first-order valence-corrected chi connectivity index (χ1v) is 6.74. The quantitative estimate of drug-likeness (QED) is 0.885. The molecule has 1 aromatic carbocycles. The molecule has 1 fully saturated rings. The Balaban J connectivity index is 1.84. The minimum Gasteiger partial charge on any atom is -0.341 e. The van der Waals surface area contributed by atoms with Crippen LogP contribution >= 0.6 is 0 Å². The lowest BCUT2D eigenvalue weighted by atomic mass is 10.0. The van der Waals surface area contributed by atoms with Crippen LogP contribution in [0.3, 0.4) is 0 Å². The van der Waals surface area contributed by atoms with Gasteiger partial charge in [0.15, 0.2) is 0 Å². The van der Waals surface area contributed by atoms with Crippen LogP contribution in [0.4, 0.5) is 0 Å². The van der Waals surface area contributed by atoms with Crippen molar-refractivity contribution in [2.24, 2.45) is 5.73 Å². The lowest BCUT2D eigenvalue weighted by Crippen LogP contribution is -2.45. The zero-order chi connectivity index (χ0) is 13.0. The molecule has 0 aliphatic carbocycles.